The Hall–Kier alpha value is 0.220. The maximum atomic E-state index is 10.5. The average Bonchev–Trinajstić information content (AvgIpc) is 1.92. The molecule has 2 N–H and O–H groups in total. The summed E-state index contributed by atoms with van der Waals surface area (Å²) in [5, 5.41) is 8.78. The first-order valence-electron chi connectivity index (χ1n) is 2.87. The number of halogens is 1. The molecule has 0 amide bonds. The van der Waals surface area contributed by atoms with Crippen LogP contribution >= 0.6 is 11.6 Å². The van der Waals surface area contributed by atoms with E-state index in [9.17, 15) is 8.42 Å². The zero-order valence-electron chi connectivity index (χ0n) is 6.73. The van der Waals surface area contributed by atoms with E-state index in [1.807, 2.05) is 0 Å². The number of aromatic hydroxyl groups is 1. The summed E-state index contributed by atoms with van der Waals surface area (Å²) in [5.41, 5.74) is 0. The van der Waals surface area contributed by atoms with Gasteiger partial charge in [-0.15, -0.1) is 0 Å². The van der Waals surface area contributed by atoms with Gasteiger partial charge >= 0.3 is 0 Å². The van der Waals surface area contributed by atoms with Crippen LogP contribution in [0.25, 0.3) is 0 Å². The molecule has 1 aromatic carbocycles. The van der Waals surface area contributed by atoms with Gasteiger partial charge in [-0.1, -0.05) is 11.6 Å². The van der Waals surface area contributed by atoms with Gasteiger partial charge in [0.2, 0.25) is 0 Å². The molecule has 0 saturated carbocycles. The topological polar surface area (TPSA) is 74.6 Å². The molecule has 0 fully saturated rings. The van der Waals surface area contributed by atoms with Crippen LogP contribution in [0.5, 0.6) is 5.75 Å². The van der Waals surface area contributed by atoms with Crippen LogP contribution in [-0.2, 0) is 10.1 Å². The van der Waals surface area contributed by atoms with Gasteiger partial charge in [-0.25, -0.2) is 0 Å². The van der Waals surface area contributed by atoms with Crippen molar-refractivity contribution in [3.05, 3.63) is 23.2 Å². The molecule has 1 aromatic rings. The van der Waals surface area contributed by atoms with Crippen LogP contribution in [-0.4, -0.2) is 47.6 Å². The monoisotopic (exact) mass is 231 g/mol. The van der Waals surface area contributed by atoms with Crippen molar-refractivity contribution in [3.63, 3.8) is 0 Å². The molecule has 0 aliphatic rings. The molecule has 1 radical (unpaired) electrons. The van der Waals surface area contributed by atoms with E-state index in [4.69, 9.17) is 21.3 Å². The van der Waals surface area contributed by atoms with Gasteiger partial charge in [-0.3, -0.25) is 4.55 Å². The molecule has 0 aromatic heterocycles. The van der Waals surface area contributed by atoms with E-state index < -0.39 is 10.1 Å². The third kappa shape index (κ3) is 3.46. The van der Waals surface area contributed by atoms with Crippen LogP contribution in [0.15, 0.2) is 23.1 Å². The Labute approximate surface area is 103 Å². The van der Waals surface area contributed by atoms with Crippen LogP contribution in [0.2, 0.25) is 5.02 Å². The van der Waals surface area contributed by atoms with Crippen LogP contribution in [0.4, 0.5) is 0 Å². The van der Waals surface area contributed by atoms with Crippen molar-refractivity contribution in [2.45, 2.75) is 4.90 Å². The van der Waals surface area contributed by atoms with Gasteiger partial charge in [0.15, 0.2) is 0 Å². The molecule has 0 spiro atoms. The van der Waals surface area contributed by atoms with Gasteiger partial charge in [-0.05, 0) is 18.2 Å². The number of phenols is 1. The van der Waals surface area contributed by atoms with Crippen LogP contribution in [0, 0.1) is 0 Å². The van der Waals surface area contributed by atoms with E-state index in [-0.39, 0.29) is 45.2 Å². The van der Waals surface area contributed by atoms with Gasteiger partial charge < -0.3 is 5.11 Å². The zero-order valence-corrected chi connectivity index (χ0v) is 10.3. The van der Waals surface area contributed by atoms with E-state index in [2.05, 4.69) is 0 Å². The molecule has 0 bridgehead atoms. The van der Waals surface area contributed by atoms with E-state index in [1.165, 1.54) is 0 Å². The van der Waals surface area contributed by atoms with Crippen molar-refractivity contribution in [1.82, 2.24) is 0 Å². The molecular formula is C6H5ClNaO4S. The molecule has 4 nitrogen and oxygen atoms in total. The van der Waals surface area contributed by atoms with Crippen molar-refractivity contribution < 1.29 is 18.1 Å². The van der Waals surface area contributed by atoms with Crippen molar-refractivity contribution in [3.8, 4) is 5.75 Å². The summed E-state index contributed by atoms with van der Waals surface area (Å²) >= 11 is 5.39. The summed E-state index contributed by atoms with van der Waals surface area (Å²) in [6.45, 7) is 0. The smallest absolute Gasteiger partial charge is 0.294 e. The molecule has 67 valence electrons. The van der Waals surface area contributed by atoms with E-state index >= 15 is 0 Å². The molecule has 0 unspecified atom stereocenters. The standard InChI is InChI=1S/C6H5ClO4S.Na/c7-5-3-4(12(9,10)11)1-2-6(5)8;/h1-3,8H,(H,9,10,11);. The Morgan fingerprint density at radius 2 is 1.85 bits per heavy atom. The Bertz CT molecular complexity index is 403. The average molecular weight is 232 g/mol. The number of benzene rings is 1. The second kappa shape index (κ2) is 4.63. The van der Waals surface area contributed by atoms with Crippen LogP contribution < -0.4 is 0 Å². The largest absolute Gasteiger partial charge is 0.506 e. The first-order chi connectivity index (χ1) is 5.41. The Morgan fingerprint density at radius 1 is 1.31 bits per heavy atom. The fourth-order valence-corrected chi connectivity index (χ4v) is 1.40. The van der Waals surface area contributed by atoms with Gasteiger partial charge in [0, 0.05) is 29.6 Å². The van der Waals surface area contributed by atoms with Crippen molar-refractivity contribution in [2.24, 2.45) is 0 Å². The first kappa shape index (κ1) is 13.2. The van der Waals surface area contributed by atoms with Gasteiger partial charge in [0.1, 0.15) is 5.75 Å². The summed E-state index contributed by atoms with van der Waals surface area (Å²) in [6, 6.07) is 3.11. The van der Waals surface area contributed by atoms with Crippen molar-refractivity contribution in [1.29, 1.82) is 0 Å². The van der Waals surface area contributed by atoms with Crippen molar-refractivity contribution in [2.75, 3.05) is 0 Å². The maximum absolute atomic E-state index is 10.5. The molecule has 0 saturated heterocycles. The molecule has 0 aliphatic carbocycles. The summed E-state index contributed by atoms with van der Waals surface area (Å²) in [5.74, 6) is -0.232. The van der Waals surface area contributed by atoms with Gasteiger partial charge in [-0.2, -0.15) is 8.42 Å². The second-order valence-corrected chi connectivity index (χ2v) is 3.92. The predicted octanol–water partition coefficient (Wildman–Crippen LogP) is 0.911. The Morgan fingerprint density at radius 3 is 2.23 bits per heavy atom. The third-order valence-electron chi connectivity index (χ3n) is 1.22. The van der Waals surface area contributed by atoms with Crippen LogP contribution in [0.3, 0.4) is 0 Å². The summed E-state index contributed by atoms with van der Waals surface area (Å²) < 4.78 is 29.6. The number of hydrogen-bond acceptors (Lipinski definition) is 3. The van der Waals surface area contributed by atoms with Crippen LogP contribution in [0.1, 0.15) is 0 Å². The Balaban J connectivity index is 0.00000144. The summed E-state index contributed by atoms with van der Waals surface area (Å²) in [6.07, 6.45) is 0. The SMILES string of the molecule is O=S(=O)(O)c1ccc(O)c(Cl)c1.[Na]. The molecule has 0 aliphatic heterocycles. The first-order valence-corrected chi connectivity index (χ1v) is 4.69. The Kier molecular flexibility index (Phi) is 4.71. The number of phenolic OH excluding ortho intramolecular Hbond substituents is 1. The quantitative estimate of drug-likeness (QED) is 0.557. The summed E-state index contributed by atoms with van der Waals surface area (Å²) in [7, 11) is -4.24. The van der Waals surface area contributed by atoms with Gasteiger partial charge in [0.25, 0.3) is 10.1 Å². The number of hydrogen-bond donors (Lipinski definition) is 2. The van der Waals surface area contributed by atoms with Gasteiger partial charge in [0.05, 0.1) is 9.92 Å². The minimum Gasteiger partial charge on any atom is -0.506 e. The normalized spacial score (nSPS) is 10.6. The number of rotatable bonds is 1. The molecule has 7 heteroatoms. The van der Waals surface area contributed by atoms with E-state index in [0.717, 1.165) is 18.2 Å². The maximum Gasteiger partial charge on any atom is 0.294 e. The molecular weight excluding hydrogens is 227 g/mol. The minimum atomic E-state index is -4.24. The fraction of sp³-hybridized carbons (Fsp3) is 0. The molecule has 0 heterocycles. The van der Waals surface area contributed by atoms with Crippen molar-refractivity contribution >= 4 is 51.3 Å². The summed E-state index contributed by atoms with van der Waals surface area (Å²) in [4.78, 5) is -0.342. The molecule has 0 atom stereocenters. The predicted molar refractivity (Wildman–Crippen MR) is 48.7 cm³/mol. The second-order valence-electron chi connectivity index (χ2n) is 2.09. The zero-order chi connectivity index (χ0) is 9.35. The molecule has 13 heavy (non-hydrogen) atoms. The third-order valence-corrected chi connectivity index (χ3v) is 2.37. The fourth-order valence-electron chi connectivity index (χ4n) is 0.648. The molecule has 1 rings (SSSR count). The minimum absolute atomic E-state index is 0. The van der Waals surface area contributed by atoms with E-state index in [1.54, 1.807) is 0 Å². The van der Waals surface area contributed by atoms with E-state index in [0.29, 0.717) is 0 Å².